The zero-order valence-electron chi connectivity index (χ0n) is 14.7. The maximum absolute atomic E-state index is 12.6. The summed E-state index contributed by atoms with van der Waals surface area (Å²) >= 11 is 0. The van der Waals surface area contributed by atoms with E-state index in [9.17, 15) is 14.7 Å². The van der Waals surface area contributed by atoms with E-state index in [2.05, 4.69) is 0 Å². The van der Waals surface area contributed by atoms with Gasteiger partial charge < -0.3 is 10.0 Å². The lowest BCUT2D eigenvalue weighted by atomic mass is 9.68. The normalized spacial score (nSPS) is 20.5. The number of aliphatic carboxylic acids is 1. The Balaban J connectivity index is 1.61. The van der Waals surface area contributed by atoms with Gasteiger partial charge in [0.1, 0.15) is 0 Å². The molecule has 3 rings (SSSR count). The highest BCUT2D eigenvalue weighted by Crippen LogP contribution is 2.44. The number of piperidine rings is 1. The molecule has 1 amide bonds. The second kappa shape index (κ2) is 7.85. The van der Waals surface area contributed by atoms with Gasteiger partial charge in [-0.05, 0) is 42.7 Å². The van der Waals surface area contributed by atoms with Crippen molar-refractivity contribution in [1.82, 2.24) is 4.90 Å². The summed E-state index contributed by atoms with van der Waals surface area (Å²) in [5.41, 5.74) is 1.42. The van der Waals surface area contributed by atoms with E-state index in [1.54, 1.807) is 6.08 Å². The average Bonchev–Trinajstić information content (AvgIpc) is 2.63. The summed E-state index contributed by atoms with van der Waals surface area (Å²) < 4.78 is 0. The van der Waals surface area contributed by atoms with E-state index in [4.69, 9.17) is 0 Å². The second-order valence-electron chi connectivity index (χ2n) is 7.50. The predicted octanol–water partition coefficient (Wildman–Crippen LogP) is 4.12. The number of carbonyl (C=O) groups excluding carboxylic acids is 1. The molecule has 4 heteroatoms. The highest BCUT2D eigenvalue weighted by Gasteiger charge is 2.36. The highest BCUT2D eigenvalue weighted by atomic mass is 16.4. The van der Waals surface area contributed by atoms with Crippen LogP contribution in [0.25, 0.3) is 6.08 Å². The van der Waals surface area contributed by atoms with Crippen molar-refractivity contribution in [3.8, 4) is 0 Å². The smallest absolute Gasteiger partial charge is 0.332 e. The molecule has 1 saturated carbocycles. The molecule has 2 fully saturated rings. The number of rotatable bonds is 4. The van der Waals surface area contributed by atoms with Gasteiger partial charge in [0.05, 0.1) is 6.42 Å². The van der Waals surface area contributed by atoms with Crippen molar-refractivity contribution in [1.29, 1.82) is 0 Å². The largest absolute Gasteiger partial charge is 0.478 e. The number of nitrogens with zero attached hydrogens (tertiary/aromatic N) is 1. The Morgan fingerprint density at radius 3 is 2.24 bits per heavy atom. The minimum atomic E-state index is -1.02. The van der Waals surface area contributed by atoms with Gasteiger partial charge in [0.15, 0.2) is 0 Å². The maximum Gasteiger partial charge on any atom is 0.332 e. The molecule has 1 saturated heterocycles. The van der Waals surface area contributed by atoms with E-state index in [-0.39, 0.29) is 17.9 Å². The Hall–Kier alpha value is -2.10. The van der Waals surface area contributed by atoms with Crippen molar-refractivity contribution in [3.63, 3.8) is 0 Å². The highest BCUT2D eigenvalue weighted by molar-refractivity contribution is 5.98. The summed E-state index contributed by atoms with van der Waals surface area (Å²) in [5, 5.41) is 9.44. The first kappa shape index (κ1) is 17.7. The minimum absolute atomic E-state index is 0.0305. The molecule has 0 bridgehead atoms. The fraction of sp³-hybridized carbons (Fsp3) is 0.524. The lowest BCUT2D eigenvalue weighted by Gasteiger charge is -2.44. The van der Waals surface area contributed by atoms with Crippen molar-refractivity contribution in [2.45, 2.75) is 51.4 Å². The van der Waals surface area contributed by atoms with E-state index < -0.39 is 5.97 Å². The molecule has 1 aromatic carbocycles. The SMILES string of the molecule is O=C(O)/C(=C/c1ccccc1)CC(=O)N1CCC2(CCCCC2)CC1. The number of carboxylic acid groups (broad SMARTS) is 1. The van der Waals surface area contributed by atoms with Crippen LogP contribution in [0.3, 0.4) is 0 Å². The van der Waals surface area contributed by atoms with Gasteiger partial charge in [-0.3, -0.25) is 4.79 Å². The van der Waals surface area contributed by atoms with Crippen LogP contribution in [0.5, 0.6) is 0 Å². The Morgan fingerprint density at radius 1 is 1.00 bits per heavy atom. The van der Waals surface area contributed by atoms with Crippen molar-refractivity contribution in [2.75, 3.05) is 13.1 Å². The van der Waals surface area contributed by atoms with Crippen molar-refractivity contribution in [2.24, 2.45) is 5.41 Å². The standard InChI is InChI=1S/C21H27NO3/c23-19(16-18(20(24)25)15-17-7-3-1-4-8-17)22-13-11-21(12-14-22)9-5-2-6-10-21/h1,3-4,7-8,15H,2,5-6,9-14,16H2,(H,24,25)/b18-15+. The van der Waals surface area contributed by atoms with Gasteiger partial charge in [0.2, 0.25) is 5.91 Å². The zero-order chi connectivity index (χ0) is 17.7. The van der Waals surface area contributed by atoms with Crippen molar-refractivity contribution in [3.05, 3.63) is 41.5 Å². The van der Waals surface area contributed by atoms with Gasteiger partial charge in [-0.1, -0.05) is 49.6 Å². The van der Waals surface area contributed by atoms with Gasteiger partial charge in [0, 0.05) is 18.7 Å². The molecule has 0 radical (unpaired) electrons. The van der Waals surface area contributed by atoms with Crippen LogP contribution in [0.4, 0.5) is 0 Å². The molecule has 1 spiro atoms. The van der Waals surface area contributed by atoms with Crippen LogP contribution in [0.1, 0.15) is 56.9 Å². The number of benzene rings is 1. The Kier molecular flexibility index (Phi) is 5.57. The Labute approximate surface area is 149 Å². The lowest BCUT2D eigenvalue weighted by molar-refractivity contribution is -0.137. The molecule has 134 valence electrons. The maximum atomic E-state index is 12.6. The van der Waals surface area contributed by atoms with Crippen LogP contribution in [0.2, 0.25) is 0 Å². The summed E-state index contributed by atoms with van der Waals surface area (Å²) in [6, 6.07) is 9.31. The third-order valence-corrected chi connectivity index (χ3v) is 5.85. The molecule has 1 aliphatic carbocycles. The summed E-state index contributed by atoms with van der Waals surface area (Å²) in [6.45, 7) is 1.55. The van der Waals surface area contributed by atoms with Crippen LogP contribution >= 0.6 is 0 Å². The van der Waals surface area contributed by atoms with Crippen molar-refractivity contribution < 1.29 is 14.7 Å². The van der Waals surface area contributed by atoms with Crippen LogP contribution in [0, 0.1) is 5.41 Å². The molecule has 1 aliphatic heterocycles. The minimum Gasteiger partial charge on any atom is -0.478 e. The monoisotopic (exact) mass is 341 g/mol. The predicted molar refractivity (Wildman–Crippen MR) is 98.0 cm³/mol. The Morgan fingerprint density at radius 2 is 1.64 bits per heavy atom. The van der Waals surface area contributed by atoms with E-state index in [0.29, 0.717) is 5.41 Å². The molecule has 4 nitrogen and oxygen atoms in total. The van der Waals surface area contributed by atoms with Gasteiger partial charge in [-0.2, -0.15) is 0 Å². The van der Waals surface area contributed by atoms with Crippen LogP contribution in [-0.2, 0) is 9.59 Å². The van der Waals surface area contributed by atoms with Crippen LogP contribution < -0.4 is 0 Å². The molecule has 2 aliphatic rings. The molecule has 25 heavy (non-hydrogen) atoms. The van der Waals surface area contributed by atoms with E-state index in [1.165, 1.54) is 32.1 Å². The van der Waals surface area contributed by atoms with Gasteiger partial charge in [-0.25, -0.2) is 4.79 Å². The molecule has 0 aromatic heterocycles. The number of hydrogen-bond donors (Lipinski definition) is 1. The zero-order valence-corrected chi connectivity index (χ0v) is 14.7. The summed E-state index contributed by atoms with van der Waals surface area (Å²) in [7, 11) is 0. The van der Waals surface area contributed by atoms with Gasteiger partial charge >= 0.3 is 5.97 Å². The Bertz CT molecular complexity index is 634. The fourth-order valence-corrected chi connectivity index (χ4v) is 4.25. The number of likely N-dealkylation sites (tertiary alicyclic amines) is 1. The van der Waals surface area contributed by atoms with Crippen molar-refractivity contribution >= 4 is 18.0 Å². The number of hydrogen-bond acceptors (Lipinski definition) is 2. The topological polar surface area (TPSA) is 57.6 Å². The molecular formula is C21H27NO3. The first-order valence-electron chi connectivity index (χ1n) is 9.35. The molecule has 0 unspecified atom stereocenters. The molecule has 1 aromatic rings. The lowest BCUT2D eigenvalue weighted by Crippen LogP contribution is -2.44. The number of amides is 1. The first-order valence-corrected chi connectivity index (χ1v) is 9.35. The van der Waals surface area contributed by atoms with E-state index in [0.717, 1.165) is 31.5 Å². The fourth-order valence-electron chi connectivity index (χ4n) is 4.25. The van der Waals surface area contributed by atoms with Gasteiger partial charge in [-0.15, -0.1) is 0 Å². The quantitative estimate of drug-likeness (QED) is 0.838. The molecular weight excluding hydrogens is 314 g/mol. The summed E-state index contributed by atoms with van der Waals surface area (Å²) in [5.74, 6) is -1.08. The van der Waals surface area contributed by atoms with Gasteiger partial charge in [0.25, 0.3) is 0 Å². The van der Waals surface area contributed by atoms with E-state index in [1.807, 2.05) is 35.2 Å². The van der Waals surface area contributed by atoms with Crippen LogP contribution in [-0.4, -0.2) is 35.0 Å². The molecule has 0 atom stereocenters. The van der Waals surface area contributed by atoms with E-state index >= 15 is 0 Å². The molecule has 1 N–H and O–H groups in total. The number of carboxylic acids is 1. The second-order valence-corrected chi connectivity index (χ2v) is 7.50. The third kappa shape index (κ3) is 4.50. The molecule has 1 heterocycles. The summed E-state index contributed by atoms with van der Waals surface area (Å²) in [6.07, 6.45) is 10.3. The average molecular weight is 341 g/mol. The van der Waals surface area contributed by atoms with Crippen LogP contribution in [0.15, 0.2) is 35.9 Å². The third-order valence-electron chi connectivity index (χ3n) is 5.85. The number of carbonyl (C=O) groups is 2. The first-order chi connectivity index (χ1) is 12.1. The summed E-state index contributed by atoms with van der Waals surface area (Å²) in [4.78, 5) is 26.0.